The summed E-state index contributed by atoms with van der Waals surface area (Å²) in [4.78, 5) is 10.3. The zero-order chi connectivity index (χ0) is 13.8. The summed E-state index contributed by atoms with van der Waals surface area (Å²) in [5.41, 5.74) is 2.83. The van der Waals surface area contributed by atoms with Crippen LogP contribution < -0.4 is 0 Å². The molecule has 2 heteroatoms. The van der Waals surface area contributed by atoms with E-state index in [1.54, 1.807) is 0 Å². The van der Waals surface area contributed by atoms with Gasteiger partial charge in [-0.3, -0.25) is 4.79 Å². The maximum absolute atomic E-state index is 10.3. The molecule has 0 fully saturated rings. The number of hydrogen-bond acceptors (Lipinski definition) is 1. The van der Waals surface area contributed by atoms with E-state index in [4.69, 9.17) is 5.11 Å². The molecule has 2 nitrogen and oxygen atoms in total. The number of hydrogen-bond donors (Lipinski definition) is 1. The molecule has 0 aliphatic carbocycles. The summed E-state index contributed by atoms with van der Waals surface area (Å²) in [5.74, 6) is -0.686. The Balaban J connectivity index is 0.00000137. The van der Waals surface area contributed by atoms with E-state index in [-0.39, 0.29) is 0 Å². The molecule has 0 atom stereocenters. The predicted molar refractivity (Wildman–Crippen MR) is 77.0 cm³/mol. The summed E-state index contributed by atoms with van der Waals surface area (Å²) in [6.45, 7) is 6.17. The molecule has 0 radical (unpaired) electrons. The van der Waals surface area contributed by atoms with Gasteiger partial charge in [0, 0.05) is 6.42 Å². The molecule has 1 N–H and O–H groups in total. The van der Waals surface area contributed by atoms with Gasteiger partial charge in [-0.1, -0.05) is 51.5 Å². The highest BCUT2D eigenvalue weighted by molar-refractivity contribution is 5.66. The number of aliphatic carboxylic acids is 1. The van der Waals surface area contributed by atoms with E-state index in [1.807, 2.05) is 13.8 Å². The van der Waals surface area contributed by atoms with Gasteiger partial charge < -0.3 is 5.11 Å². The molecule has 0 heterocycles. The van der Waals surface area contributed by atoms with Gasteiger partial charge in [-0.2, -0.15) is 0 Å². The van der Waals surface area contributed by atoms with Crippen LogP contribution in [0.4, 0.5) is 0 Å². The lowest BCUT2D eigenvalue weighted by molar-refractivity contribution is -0.137. The quantitative estimate of drug-likeness (QED) is 0.725. The Kier molecular flexibility index (Phi) is 10.0. The largest absolute Gasteiger partial charge is 0.481 e. The first-order valence-electron chi connectivity index (χ1n) is 7.02. The van der Waals surface area contributed by atoms with Gasteiger partial charge >= 0.3 is 5.97 Å². The van der Waals surface area contributed by atoms with Crippen LogP contribution in [-0.2, 0) is 17.6 Å². The van der Waals surface area contributed by atoms with Crippen molar-refractivity contribution in [2.45, 2.75) is 59.3 Å². The number of carbonyl (C=O) groups is 1. The van der Waals surface area contributed by atoms with Crippen LogP contribution in [0.3, 0.4) is 0 Å². The first-order chi connectivity index (χ1) is 8.74. The summed E-state index contributed by atoms with van der Waals surface area (Å²) >= 11 is 0. The molecule has 0 aliphatic rings. The fourth-order valence-corrected chi connectivity index (χ4v) is 1.91. The van der Waals surface area contributed by atoms with Gasteiger partial charge in [0.2, 0.25) is 0 Å². The van der Waals surface area contributed by atoms with Crippen LogP contribution in [0, 0.1) is 0 Å². The lowest BCUT2D eigenvalue weighted by Gasteiger charge is -2.06. The molecule has 0 aliphatic heterocycles. The van der Waals surface area contributed by atoms with E-state index in [0.717, 1.165) is 32.1 Å². The number of carboxylic acid groups (broad SMARTS) is 1. The average molecular weight is 250 g/mol. The van der Waals surface area contributed by atoms with Crippen molar-refractivity contribution >= 4 is 5.97 Å². The standard InChI is InChI=1S/C14H20O2.C2H6/c1-2-12-8-6-7-10-13(12)9-4-3-5-11-14(15)16;1-2/h6-8,10H,2-5,9,11H2,1H3,(H,15,16);1-2H3. The van der Waals surface area contributed by atoms with Gasteiger partial charge in [0.25, 0.3) is 0 Å². The van der Waals surface area contributed by atoms with E-state index >= 15 is 0 Å². The zero-order valence-corrected chi connectivity index (χ0v) is 11.9. The van der Waals surface area contributed by atoms with Crippen LogP contribution in [0.5, 0.6) is 0 Å². The van der Waals surface area contributed by atoms with Crippen LogP contribution in [-0.4, -0.2) is 11.1 Å². The molecule has 0 spiro atoms. The fourth-order valence-electron chi connectivity index (χ4n) is 1.91. The highest BCUT2D eigenvalue weighted by Gasteiger charge is 2.00. The number of benzene rings is 1. The van der Waals surface area contributed by atoms with Crippen molar-refractivity contribution < 1.29 is 9.90 Å². The third-order valence-electron chi connectivity index (χ3n) is 2.84. The molecule has 0 aromatic heterocycles. The van der Waals surface area contributed by atoms with Crippen molar-refractivity contribution in [1.29, 1.82) is 0 Å². The van der Waals surface area contributed by atoms with Crippen LogP contribution in [0.15, 0.2) is 24.3 Å². The van der Waals surface area contributed by atoms with Crippen molar-refractivity contribution in [3.05, 3.63) is 35.4 Å². The molecule has 1 aromatic carbocycles. The van der Waals surface area contributed by atoms with Crippen molar-refractivity contribution in [2.75, 3.05) is 0 Å². The monoisotopic (exact) mass is 250 g/mol. The third kappa shape index (κ3) is 7.10. The van der Waals surface area contributed by atoms with Crippen LogP contribution in [0.1, 0.15) is 57.6 Å². The lowest BCUT2D eigenvalue weighted by Crippen LogP contribution is -1.95. The molecule has 0 bridgehead atoms. The Morgan fingerprint density at radius 2 is 1.67 bits per heavy atom. The summed E-state index contributed by atoms with van der Waals surface area (Å²) in [6, 6.07) is 8.50. The van der Waals surface area contributed by atoms with Crippen LogP contribution in [0.25, 0.3) is 0 Å². The molecule has 0 saturated heterocycles. The number of aryl methyl sites for hydroxylation is 2. The maximum atomic E-state index is 10.3. The maximum Gasteiger partial charge on any atom is 0.303 e. The average Bonchev–Trinajstić information content (AvgIpc) is 2.41. The molecular weight excluding hydrogens is 224 g/mol. The van der Waals surface area contributed by atoms with Gasteiger partial charge in [0.15, 0.2) is 0 Å². The Hall–Kier alpha value is -1.31. The molecule has 0 unspecified atom stereocenters. The third-order valence-corrected chi connectivity index (χ3v) is 2.84. The lowest BCUT2D eigenvalue weighted by atomic mass is 9.99. The second kappa shape index (κ2) is 10.8. The summed E-state index contributed by atoms with van der Waals surface area (Å²) in [5, 5.41) is 8.51. The normalized spacial score (nSPS) is 9.50. The summed E-state index contributed by atoms with van der Waals surface area (Å²) < 4.78 is 0. The summed E-state index contributed by atoms with van der Waals surface area (Å²) in [6.07, 6.45) is 5.34. The molecular formula is C16H26O2. The van der Waals surface area contributed by atoms with Crippen LogP contribution in [0.2, 0.25) is 0 Å². The Morgan fingerprint density at radius 1 is 1.06 bits per heavy atom. The molecule has 18 heavy (non-hydrogen) atoms. The van der Waals surface area contributed by atoms with Crippen molar-refractivity contribution in [2.24, 2.45) is 0 Å². The number of rotatable bonds is 7. The van der Waals surface area contributed by atoms with E-state index in [0.29, 0.717) is 6.42 Å². The minimum absolute atomic E-state index is 0.301. The van der Waals surface area contributed by atoms with Gasteiger partial charge in [-0.25, -0.2) is 0 Å². The second-order valence-corrected chi connectivity index (χ2v) is 4.08. The highest BCUT2D eigenvalue weighted by atomic mass is 16.4. The van der Waals surface area contributed by atoms with Gasteiger partial charge in [-0.15, -0.1) is 0 Å². The topological polar surface area (TPSA) is 37.3 Å². The highest BCUT2D eigenvalue weighted by Crippen LogP contribution is 2.13. The Labute approximate surface area is 111 Å². The number of carboxylic acids is 1. The SMILES string of the molecule is CC.CCc1ccccc1CCCCCC(=O)O. The minimum atomic E-state index is -0.686. The van der Waals surface area contributed by atoms with E-state index in [9.17, 15) is 4.79 Å². The van der Waals surface area contributed by atoms with Crippen molar-refractivity contribution in [3.8, 4) is 0 Å². The van der Waals surface area contributed by atoms with E-state index in [1.165, 1.54) is 11.1 Å². The predicted octanol–water partition coefficient (Wildman–Crippen LogP) is 4.46. The fraction of sp³-hybridized carbons (Fsp3) is 0.562. The van der Waals surface area contributed by atoms with Crippen LogP contribution >= 0.6 is 0 Å². The van der Waals surface area contributed by atoms with Gasteiger partial charge in [0.1, 0.15) is 0 Å². The Morgan fingerprint density at radius 3 is 2.22 bits per heavy atom. The molecule has 1 aromatic rings. The smallest absolute Gasteiger partial charge is 0.303 e. The van der Waals surface area contributed by atoms with Gasteiger partial charge in [0.05, 0.1) is 0 Å². The Bertz CT molecular complexity index is 332. The minimum Gasteiger partial charge on any atom is -0.481 e. The van der Waals surface area contributed by atoms with Gasteiger partial charge in [-0.05, 0) is 36.8 Å². The van der Waals surface area contributed by atoms with E-state index < -0.39 is 5.97 Å². The molecule has 0 amide bonds. The van der Waals surface area contributed by atoms with Crippen molar-refractivity contribution in [3.63, 3.8) is 0 Å². The molecule has 102 valence electrons. The molecule has 1 rings (SSSR count). The van der Waals surface area contributed by atoms with Crippen molar-refractivity contribution in [1.82, 2.24) is 0 Å². The van der Waals surface area contributed by atoms with E-state index in [2.05, 4.69) is 31.2 Å². The summed E-state index contributed by atoms with van der Waals surface area (Å²) in [7, 11) is 0. The zero-order valence-electron chi connectivity index (χ0n) is 11.9. The first kappa shape index (κ1) is 16.7. The first-order valence-corrected chi connectivity index (χ1v) is 7.02. The molecule has 0 saturated carbocycles. The second-order valence-electron chi connectivity index (χ2n) is 4.08. The number of unbranched alkanes of at least 4 members (excludes halogenated alkanes) is 2.